The van der Waals surface area contributed by atoms with Crippen LogP contribution in [-0.4, -0.2) is 15.7 Å². The zero-order valence-electron chi connectivity index (χ0n) is 6.59. The molecular weight excluding hydrogens is 269 g/mol. The molecule has 0 unspecified atom stereocenters. The third-order valence-corrected chi connectivity index (χ3v) is 3.15. The van der Waals surface area contributed by atoms with Gasteiger partial charge < -0.3 is 5.32 Å². The number of halogens is 1. The molecule has 1 amide bonds. The zero-order chi connectivity index (χ0) is 8.72. The maximum Gasteiger partial charge on any atom is 0.227 e. The molecule has 1 N–H and O–H groups in total. The number of anilines is 1. The smallest absolute Gasteiger partial charge is 0.227 e. The van der Waals surface area contributed by atoms with Gasteiger partial charge in [-0.15, -0.1) is 0 Å². The lowest BCUT2D eigenvalue weighted by atomic mass is 10.3. The predicted octanol–water partition coefficient (Wildman–Crippen LogP) is 1.14. The number of aromatic nitrogens is 2. The highest BCUT2D eigenvalue weighted by molar-refractivity contribution is 14.1. The molecule has 2 heterocycles. The lowest BCUT2D eigenvalue weighted by Gasteiger charge is -2.14. The van der Waals surface area contributed by atoms with E-state index < -0.39 is 0 Å². The molecule has 5 heteroatoms. The van der Waals surface area contributed by atoms with E-state index in [2.05, 4.69) is 33.0 Å². The van der Waals surface area contributed by atoms with Crippen molar-refractivity contribution in [3.8, 4) is 0 Å². The number of nitrogens with zero attached hydrogens (tertiary/aromatic N) is 2. The first-order chi connectivity index (χ1) is 5.68. The van der Waals surface area contributed by atoms with Gasteiger partial charge in [0.1, 0.15) is 5.82 Å². The average Bonchev–Trinajstić information content (AvgIpc) is 2.31. The van der Waals surface area contributed by atoms with Crippen LogP contribution in [0.4, 0.5) is 5.82 Å². The standard InChI is InChI=1S/C7H8IN3O/c1-4-6(8)7-9-5(12)2-3-11(7)10-4/h2-3H2,1H3,(H,9,12). The van der Waals surface area contributed by atoms with E-state index in [9.17, 15) is 4.79 Å². The molecule has 1 aromatic heterocycles. The van der Waals surface area contributed by atoms with Crippen molar-refractivity contribution in [2.75, 3.05) is 5.32 Å². The number of rotatable bonds is 0. The molecular formula is C7H8IN3O. The minimum Gasteiger partial charge on any atom is -0.310 e. The van der Waals surface area contributed by atoms with Gasteiger partial charge in [-0.2, -0.15) is 5.10 Å². The highest BCUT2D eigenvalue weighted by Gasteiger charge is 2.19. The lowest BCUT2D eigenvalue weighted by molar-refractivity contribution is -0.116. The van der Waals surface area contributed by atoms with E-state index in [1.807, 2.05) is 11.6 Å². The van der Waals surface area contributed by atoms with Crippen LogP contribution in [0, 0.1) is 10.5 Å². The van der Waals surface area contributed by atoms with Gasteiger partial charge in [-0.05, 0) is 29.5 Å². The zero-order valence-corrected chi connectivity index (χ0v) is 8.75. The van der Waals surface area contributed by atoms with Crippen molar-refractivity contribution >= 4 is 34.3 Å². The molecule has 2 rings (SSSR count). The van der Waals surface area contributed by atoms with Crippen LogP contribution in [0.3, 0.4) is 0 Å². The summed E-state index contributed by atoms with van der Waals surface area (Å²) in [6.07, 6.45) is 0.532. The normalized spacial score (nSPS) is 15.7. The second kappa shape index (κ2) is 2.72. The van der Waals surface area contributed by atoms with E-state index in [4.69, 9.17) is 0 Å². The van der Waals surface area contributed by atoms with Gasteiger partial charge in [-0.3, -0.25) is 4.79 Å². The molecule has 1 aliphatic rings. The van der Waals surface area contributed by atoms with Crippen molar-refractivity contribution in [2.45, 2.75) is 19.9 Å². The Labute approximate surface area is 83.5 Å². The number of hydrogen-bond donors (Lipinski definition) is 1. The molecule has 0 spiro atoms. The number of amides is 1. The van der Waals surface area contributed by atoms with Crippen molar-refractivity contribution in [1.82, 2.24) is 9.78 Å². The summed E-state index contributed by atoms with van der Waals surface area (Å²) in [5.41, 5.74) is 0.979. The molecule has 0 saturated carbocycles. The van der Waals surface area contributed by atoms with Gasteiger partial charge in [0, 0.05) is 6.42 Å². The number of fused-ring (bicyclic) bond motifs is 1. The van der Waals surface area contributed by atoms with Crippen LogP contribution in [0.5, 0.6) is 0 Å². The molecule has 4 nitrogen and oxygen atoms in total. The van der Waals surface area contributed by atoms with E-state index in [1.165, 1.54) is 0 Å². The lowest BCUT2D eigenvalue weighted by Crippen LogP contribution is -2.23. The van der Waals surface area contributed by atoms with Crippen LogP contribution in [-0.2, 0) is 11.3 Å². The number of aryl methyl sites for hydroxylation is 2. The number of nitrogens with one attached hydrogen (secondary N) is 1. The van der Waals surface area contributed by atoms with Crippen LogP contribution in [0.25, 0.3) is 0 Å². The van der Waals surface area contributed by atoms with E-state index in [0.717, 1.165) is 15.1 Å². The Balaban J connectivity index is 2.50. The summed E-state index contributed by atoms with van der Waals surface area (Å²) < 4.78 is 2.89. The van der Waals surface area contributed by atoms with Crippen LogP contribution in [0.2, 0.25) is 0 Å². The third-order valence-electron chi connectivity index (χ3n) is 1.86. The molecule has 0 fully saturated rings. The summed E-state index contributed by atoms with van der Waals surface area (Å²) in [4.78, 5) is 11.0. The summed E-state index contributed by atoms with van der Waals surface area (Å²) in [6, 6.07) is 0. The molecule has 1 aromatic rings. The summed E-state index contributed by atoms with van der Waals surface area (Å²) in [6.45, 7) is 2.64. The predicted molar refractivity (Wildman–Crippen MR) is 52.9 cm³/mol. The van der Waals surface area contributed by atoms with Crippen LogP contribution in [0.15, 0.2) is 0 Å². The Hall–Kier alpha value is -0.590. The Bertz CT molecular complexity index is 345. The van der Waals surface area contributed by atoms with Gasteiger partial charge in [-0.1, -0.05) is 0 Å². The Morgan fingerprint density at radius 1 is 1.67 bits per heavy atom. The van der Waals surface area contributed by atoms with Crippen LogP contribution >= 0.6 is 22.6 Å². The van der Waals surface area contributed by atoms with Gasteiger partial charge in [-0.25, -0.2) is 4.68 Å². The maximum absolute atomic E-state index is 11.0. The maximum atomic E-state index is 11.0. The first-order valence-electron chi connectivity index (χ1n) is 3.71. The molecule has 0 atom stereocenters. The highest BCUT2D eigenvalue weighted by Crippen LogP contribution is 2.24. The molecule has 1 aliphatic heterocycles. The van der Waals surface area contributed by atoms with Gasteiger partial charge in [0.15, 0.2) is 0 Å². The van der Waals surface area contributed by atoms with Crippen molar-refractivity contribution in [2.24, 2.45) is 0 Å². The molecule has 64 valence electrons. The second-order valence-electron chi connectivity index (χ2n) is 2.77. The SMILES string of the molecule is Cc1nn2c(c1I)NC(=O)CC2. The molecule has 0 radical (unpaired) electrons. The van der Waals surface area contributed by atoms with Crippen molar-refractivity contribution in [1.29, 1.82) is 0 Å². The number of carbonyl (C=O) groups excluding carboxylic acids is 1. The summed E-state index contributed by atoms with van der Waals surface area (Å²) in [5, 5.41) is 7.08. The van der Waals surface area contributed by atoms with Crippen molar-refractivity contribution < 1.29 is 4.79 Å². The Morgan fingerprint density at radius 2 is 2.42 bits per heavy atom. The fourth-order valence-corrected chi connectivity index (χ4v) is 1.76. The third kappa shape index (κ3) is 1.12. The Morgan fingerprint density at radius 3 is 3.17 bits per heavy atom. The molecule has 12 heavy (non-hydrogen) atoms. The summed E-state index contributed by atoms with van der Waals surface area (Å²) in [7, 11) is 0. The number of hydrogen-bond acceptors (Lipinski definition) is 2. The molecule has 0 aromatic carbocycles. The monoisotopic (exact) mass is 277 g/mol. The highest BCUT2D eigenvalue weighted by atomic mass is 127. The number of carbonyl (C=O) groups is 1. The first kappa shape index (κ1) is 8.03. The molecule has 0 saturated heterocycles. The van der Waals surface area contributed by atoms with Crippen LogP contribution in [0.1, 0.15) is 12.1 Å². The van der Waals surface area contributed by atoms with E-state index in [1.54, 1.807) is 0 Å². The second-order valence-corrected chi connectivity index (χ2v) is 3.85. The fraction of sp³-hybridized carbons (Fsp3) is 0.429. The summed E-state index contributed by atoms with van der Waals surface area (Å²) >= 11 is 2.19. The fourth-order valence-electron chi connectivity index (χ4n) is 1.24. The minimum atomic E-state index is 0.0836. The first-order valence-corrected chi connectivity index (χ1v) is 4.79. The van der Waals surface area contributed by atoms with Gasteiger partial charge in [0.25, 0.3) is 0 Å². The van der Waals surface area contributed by atoms with E-state index >= 15 is 0 Å². The molecule has 0 aliphatic carbocycles. The molecule has 0 bridgehead atoms. The van der Waals surface area contributed by atoms with Crippen molar-refractivity contribution in [3.05, 3.63) is 9.26 Å². The van der Waals surface area contributed by atoms with Gasteiger partial charge >= 0.3 is 0 Å². The Kier molecular flexibility index (Phi) is 1.82. The van der Waals surface area contributed by atoms with Gasteiger partial charge in [0.05, 0.1) is 15.8 Å². The van der Waals surface area contributed by atoms with E-state index in [0.29, 0.717) is 13.0 Å². The van der Waals surface area contributed by atoms with Crippen LogP contribution < -0.4 is 5.32 Å². The summed E-state index contributed by atoms with van der Waals surface area (Å²) in [5.74, 6) is 0.935. The van der Waals surface area contributed by atoms with Gasteiger partial charge in [0.2, 0.25) is 5.91 Å². The van der Waals surface area contributed by atoms with Crippen molar-refractivity contribution in [3.63, 3.8) is 0 Å². The largest absolute Gasteiger partial charge is 0.310 e. The quantitative estimate of drug-likeness (QED) is 0.723. The minimum absolute atomic E-state index is 0.0836. The average molecular weight is 277 g/mol. The van der Waals surface area contributed by atoms with E-state index in [-0.39, 0.29) is 5.91 Å². The topological polar surface area (TPSA) is 46.9 Å².